The predicted octanol–water partition coefficient (Wildman–Crippen LogP) is 2.00. The van der Waals surface area contributed by atoms with Crippen LogP contribution in [-0.4, -0.2) is 63.1 Å². The Hall–Kier alpha value is -2.98. The summed E-state index contributed by atoms with van der Waals surface area (Å²) in [6.07, 6.45) is 0.327. The molecule has 3 amide bonds. The summed E-state index contributed by atoms with van der Waals surface area (Å²) in [7, 11) is 0. The third-order valence-electron chi connectivity index (χ3n) is 5.07. The first kappa shape index (κ1) is 27.3. The van der Waals surface area contributed by atoms with Gasteiger partial charge in [-0.3, -0.25) is 19.7 Å². The third-order valence-corrected chi connectivity index (χ3v) is 6.56. The monoisotopic (exact) mass is 509 g/mol. The predicted molar refractivity (Wildman–Crippen MR) is 129 cm³/mol. The second-order valence-corrected chi connectivity index (χ2v) is 9.68. The van der Waals surface area contributed by atoms with E-state index in [9.17, 15) is 24.5 Å². The number of nitrogens with two attached hydrogens (primary N) is 1. The zero-order chi connectivity index (χ0) is 25.1. The Bertz CT molecular complexity index is 923. The number of amides is 3. The molecule has 0 radical (unpaired) electrons. The van der Waals surface area contributed by atoms with Gasteiger partial charge in [0.25, 0.3) is 5.69 Å². The molecule has 3 unspecified atom stereocenters. The minimum absolute atomic E-state index is 0.000232. The van der Waals surface area contributed by atoms with Crippen LogP contribution in [0.2, 0.25) is 0 Å². The molecule has 13 heteroatoms. The summed E-state index contributed by atoms with van der Waals surface area (Å²) in [5, 5.41) is 22.2. The summed E-state index contributed by atoms with van der Waals surface area (Å²) >= 11 is 6.00. The molecular formula is C21H27N5O6S2. The number of nitro groups is 1. The van der Waals surface area contributed by atoms with Gasteiger partial charge in [0.15, 0.2) is 0 Å². The van der Waals surface area contributed by atoms with Crippen LogP contribution < -0.4 is 11.1 Å². The van der Waals surface area contributed by atoms with Crippen molar-refractivity contribution in [3.05, 3.63) is 39.9 Å². The van der Waals surface area contributed by atoms with Gasteiger partial charge in [0.2, 0.25) is 11.8 Å². The zero-order valence-electron chi connectivity index (χ0n) is 18.4. The second-order valence-electron chi connectivity index (χ2n) is 7.80. The van der Waals surface area contributed by atoms with Crippen molar-refractivity contribution < 1.29 is 24.0 Å². The van der Waals surface area contributed by atoms with Crippen LogP contribution in [-0.2, 0) is 20.9 Å². The molecule has 0 aromatic heterocycles. The van der Waals surface area contributed by atoms with Gasteiger partial charge in [0.1, 0.15) is 6.61 Å². The van der Waals surface area contributed by atoms with Crippen molar-refractivity contribution in [1.82, 2.24) is 10.2 Å². The SMILES string of the molecule is N#CCC(CC(N)=O)NC(=O)CCSCC1CC(S)CN1C(=O)OCc1ccc([N+](=O)[O-])cc1. The maximum atomic E-state index is 12.6. The van der Waals surface area contributed by atoms with Crippen LogP contribution in [0, 0.1) is 21.4 Å². The molecule has 1 heterocycles. The highest BCUT2D eigenvalue weighted by molar-refractivity contribution is 7.99. The van der Waals surface area contributed by atoms with Gasteiger partial charge in [0, 0.05) is 54.3 Å². The van der Waals surface area contributed by atoms with Crippen molar-refractivity contribution in [2.24, 2.45) is 5.73 Å². The van der Waals surface area contributed by atoms with Gasteiger partial charge < -0.3 is 20.7 Å². The second kappa shape index (κ2) is 13.7. The van der Waals surface area contributed by atoms with Gasteiger partial charge in [0.05, 0.1) is 23.5 Å². The molecule has 0 bridgehead atoms. The van der Waals surface area contributed by atoms with Gasteiger partial charge >= 0.3 is 6.09 Å². The minimum Gasteiger partial charge on any atom is -0.445 e. The number of hydrogen-bond donors (Lipinski definition) is 3. The van der Waals surface area contributed by atoms with Crippen LogP contribution in [0.1, 0.15) is 31.2 Å². The molecule has 34 heavy (non-hydrogen) atoms. The fourth-order valence-electron chi connectivity index (χ4n) is 3.43. The van der Waals surface area contributed by atoms with Crippen molar-refractivity contribution in [3.8, 4) is 6.07 Å². The molecule has 1 aliphatic rings. The molecule has 0 saturated carbocycles. The van der Waals surface area contributed by atoms with Crippen molar-refractivity contribution in [3.63, 3.8) is 0 Å². The van der Waals surface area contributed by atoms with Crippen molar-refractivity contribution in [1.29, 1.82) is 5.26 Å². The van der Waals surface area contributed by atoms with E-state index in [-0.39, 0.29) is 48.8 Å². The Kier molecular flexibility index (Phi) is 11.0. The lowest BCUT2D eigenvalue weighted by molar-refractivity contribution is -0.384. The molecule has 1 aliphatic heterocycles. The first-order chi connectivity index (χ1) is 16.2. The van der Waals surface area contributed by atoms with E-state index in [1.165, 1.54) is 23.9 Å². The number of nitro benzene ring substituents is 1. The highest BCUT2D eigenvalue weighted by Crippen LogP contribution is 2.26. The molecule has 1 aromatic rings. The van der Waals surface area contributed by atoms with E-state index in [0.29, 0.717) is 30.0 Å². The number of nitrogens with one attached hydrogen (secondary N) is 1. The third kappa shape index (κ3) is 9.11. The number of likely N-dealkylation sites (tertiary alicyclic amines) is 1. The summed E-state index contributed by atoms with van der Waals surface area (Å²) in [6.45, 7) is 0.441. The van der Waals surface area contributed by atoms with Crippen molar-refractivity contribution in [2.75, 3.05) is 18.1 Å². The number of thioether (sulfide) groups is 1. The summed E-state index contributed by atoms with van der Waals surface area (Å²) < 4.78 is 5.38. The highest BCUT2D eigenvalue weighted by atomic mass is 32.2. The summed E-state index contributed by atoms with van der Waals surface area (Å²) in [6, 6.07) is 7.02. The number of hydrogen-bond acceptors (Lipinski definition) is 9. The topological polar surface area (TPSA) is 169 Å². The van der Waals surface area contributed by atoms with E-state index in [1.54, 1.807) is 17.0 Å². The van der Waals surface area contributed by atoms with Crippen LogP contribution in [0.3, 0.4) is 0 Å². The van der Waals surface area contributed by atoms with Crippen LogP contribution in [0.5, 0.6) is 0 Å². The Morgan fingerprint density at radius 2 is 2.09 bits per heavy atom. The van der Waals surface area contributed by atoms with E-state index >= 15 is 0 Å². The number of nitriles is 1. The van der Waals surface area contributed by atoms with Crippen LogP contribution in [0.25, 0.3) is 0 Å². The Morgan fingerprint density at radius 3 is 2.71 bits per heavy atom. The number of carbonyl (C=O) groups excluding carboxylic acids is 3. The van der Waals surface area contributed by atoms with Crippen LogP contribution in [0.4, 0.5) is 10.5 Å². The lowest BCUT2D eigenvalue weighted by Crippen LogP contribution is -2.38. The molecule has 1 saturated heterocycles. The number of nitrogens with zero attached hydrogens (tertiary/aromatic N) is 3. The maximum absolute atomic E-state index is 12.6. The number of primary amides is 1. The molecule has 3 atom stereocenters. The molecule has 0 spiro atoms. The van der Waals surface area contributed by atoms with E-state index in [1.807, 2.05) is 6.07 Å². The molecule has 184 valence electrons. The van der Waals surface area contributed by atoms with E-state index in [0.717, 1.165) is 0 Å². The number of rotatable bonds is 12. The average molecular weight is 510 g/mol. The minimum atomic E-state index is -0.596. The molecule has 0 aliphatic carbocycles. The quantitative estimate of drug-likeness (QED) is 0.166. The number of benzene rings is 1. The molecule has 1 fully saturated rings. The van der Waals surface area contributed by atoms with Crippen LogP contribution in [0.15, 0.2) is 24.3 Å². The largest absolute Gasteiger partial charge is 0.445 e. The summed E-state index contributed by atoms with van der Waals surface area (Å²) in [5.41, 5.74) is 5.74. The Labute approximate surface area is 206 Å². The number of carbonyl (C=O) groups is 3. The van der Waals surface area contributed by atoms with Gasteiger partial charge in [-0.25, -0.2) is 4.79 Å². The average Bonchev–Trinajstić information content (AvgIpc) is 3.15. The lowest BCUT2D eigenvalue weighted by atomic mass is 10.1. The maximum Gasteiger partial charge on any atom is 0.410 e. The molecule has 1 aromatic carbocycles. The van der Waals surface area contributed by atoms with Gasteiger partial charge in [-0.15, -0.1) is 0 Å². The van der Waals surface area contributed by atoms with E-state index in [4.69, 9.17) is 15.7 Å². The molecular weight excluding hydrogens is 482 g/mol. The Morgan fingerprint density at radius 1 is 1.38 bits per heavy atom. The van der Waals surface area contributed by atoms with E-state index in [2.05, 4.69) is 17.9 Å². The fourth-order valence-corrected chi connectivity index (χ4v) is 4.93. The normalized spacial score (nSPS) is 18.1. The Balaban J connectivity index is 1.76. The van der Waals surface area contributed by atoms with Gasteiger partial charge in [-0.2, -0.15) is 29.7 Å². The fraction of sp³-hybridized carbons (Fsp3) is 0.524. The highest BCUT2D eigenvalue weighted by Gasteiger charge is 2.34. The first-order valence-electron chi connectivity index (χ1n) is 10.6. The van der Waals surface area contributed by atoms with Gasteiger partial charge in [-0.1, -0.05) is 0 Å². The summed E-state index contributed by atoms with van der Waals surface area (Å²) in [4.78, 5) is 47.6. The van der Waals surface area contributed by atoms with Crippen molar-refractivity contribution in [2.45, 2.75) is 49.6 Å². The first-order valence-corrected chi connectivity index (χ1v) is 12.2. The number of ether oxygens (including phenoxy) is 1. The zero-order valence-corrected chi connectivity index (χ0v) is 20.1. The van der Waals surface area contributed by atoms with Gasteiger partial charge in [-0.05, 0) is 24.1 Å². The number of non-ortho nitro benzene ring substituents is 1. The molecule has 11 nitrogen and oxygen atoms in total. The van der Waals surface area contributed by atoms with E-state index < -0.39 is 23.0 Å². The lowest BCUT2D eigenvalue weighted by Gasteiger charge is -2.23. The number of thiol groups is 1. The standard InChI is InChI=1S/C21H27N5O6S2/c22-7-5-15(9-19(23)27)24-20(28)6-8-34-13-17-10-18(33)11-25(17)21(29)32-12-14-1-3-16(4-2-14)26(30)31/h1-4,15,17-18,33H,5-6,8-13H2,(H2,23,27)(H,24,28). The smallest absolute Gasteiger partial charge is 0.410 e. The van der Waals surface area contributed by atoms with Crippen LogP contribution >= 0.6 is 24.4 Å². The van der Waals surface area contributed by atoms with Crippen molar-refractivity contribution >= 4 is 48.0 Å². The molecule has 3 N–H and O–H groups in total. The molecule has 2 rings (SSSR count). The summed E-state index contributed by atoms with van der Waals surface area (Å²) in [5.74, 6) is 0.242.